The van der Waals surface area contributed by atoms with Crippen LogP contribution in [0.1, 0.15) is 35.3 Å². The maximum absolute atomic E-state index is 13.5. The first-order valence-corrected chi connectivity index (χ1v) is 6.87. The highest BCUT2D eigenvalue weighted by Gasteiger charge is 2.29. The molecule has 3 nitrogen and oxygen atoms in total. The molecule has 0 amide bonds. The highest BCUT2D eigenvalue weighted by molar-refractivity contribution is 5.44. The zero-order chi connectivity index (χ0) is 15.0. The number of halogens is 1. The summed E-state index contributed by atoms with van der Waals surface area (Å²) in [6.45, 7) is 1.91. The van der Waals surface area contributed by atoms with Gasteiger partial charge in [-0.2, -0.15) is 0 Å². The molecule has 0 saturated heterocycles. The number of aryl methyl sites for hydroxylation is 1. The van der Waals surface area contributed by atoms with Gasteiger partial charge in [0.15, 0.2) is 0 Å². The molecule has 0 bridgehead atoms. The van der Waals surface area contributed by atoms with E-state index in [1.165, 1.54) is 12.1 Å². The van der Waals surface area contributed by atoms with Gasteiger partial charge in [-0.3, -0.25) is 0 Å². The Kier molecular flexibility index (Phi) is 3.55. The lowest BCUT2D eigenvalue weighted by Crippen LogP contribution is -2.20. The first-order valence-electron chi connectivity index (χ1n) is 6.87. The second kappa shape index (κ2) is 5.37. The Hall–Kier alpha value is -2.07. The Bertz CT molecular complexity index is 669. The van der Waals surface area contributed by atoms with Crippen LogP contribution in [-0.2, 0) is 0 Å². The van der Waals surface area contributed by atoms with Crippen LogP contribution in [0, 0.1) is 12.7 Å². The van der Waals surface area contributed by atoms with Gasteiger partial charge >= 0.3 is 0 Å². The van der Waals surface area contributed by atoms with Crippen molar-refractivity contribution < 1.29 is 19.0 Å². The molecule has 0 aromatic heterocycles. The summed E-state index contributed by atoms with van der Waals surface area (Å²) in [7, 11) is 1.58. The van der Waals surface area contributed by atoms with Crippen LogP contribution in [0.25, 0.3) is 0 Å². The Balaban J connectivity index is 1.96. The molecule has 3 rings (SSSR count). The molecule has 1 aliphatic rings. The van der Waals surface area contributed by atoms with Crippen molar-refractivity contribution in [1.82, 2.24) is 0 Å². The lowest BCUT2D eigenvalue weighted by atomic mass is 9.92. The van der Waals surface area contributed by atoms with E-state index in [0.717, 1.165) is 11.1 Å². The average Bonchev–Trinajstić information content (AvgIpc) is 2.49. The SMILES string of the molecule is COc1ccc2c(c1)[C@@H](O)CC(c1cc(F)ccc1C)O2. The number of aliphatic hydroxyl groups is 1. The molecule has 1 N–H and O–H groups in total. The summed E-state index contributed by atoms with van der Waals surface area (Å²) in [5, 5.41) is 10.3. The highest BCUT2D eigenvalue weighted by atomic mass is 19.1. The lowest BCUT2D eigenvalue weighted by molar-refractivity contribution is 0.0650. The van der Waals surface area contributed by atoms with Crippen molar-refractivity contribution in [2.75, 3.05) is 7.11 Å². The van der Waals surface area contributed by atoms with Crippen LogP contribution < -0.4 is 9.47 Å². The first-order chi connectivity index (χ1) is 10.1. The van der Waals surface area contributed by atoms with Crippen LogP contribution in [-0.4, -0.2) is 12.2 Å². The van der Waals surface area contributed by atoms with Crippen LogP contribution >= 0.6 is 0 Å². The smallest absolute Gasteiger partial charge is 0.127 e. The molecule has 1 aliphatic heterocycles. The quantitative estimate of drug-likeness (QED) is 0.915. The van der Waals surface area contributed by atoms with Gasteiger partial charge in [-0.25, -0.2) is 4.39 Å². The summed E-state index contributed by atoms with van der Waals surface area (Å²) >= 11 is 0. The van der Waals surface area contributed by atoms with E-state index in [1.807, 2.05) is 6.92 Å². The number of hydrogen-bond donors (Lipinski definition) is 1. The fraction of sp³-hybridized carbons (Fsp3) is 0.294. The maximum Gasteiger partial charge on any atom is 0.127 e. The van der Waals surface area contributed by atoms with Crippen molar-refractivity contribution >= 4 is 0 Å². The number of methoxy groups -OCH3 is 1. The number of hydrogen-bond acceptors (Lipinski definition) is 3. The molecule has 0 saturated carbocycles. The molecule has 4 heteroatoms. The normalized spacial score (nSPS) is 20.6. The third-order valence-corrected chi connectivity index (χ3v) is 3.87. The second-order valence-corrected chi connectivity index (χ2v) is 5.26. The molecule has 0 aliphatic carbocycles. The van der Waals surface area contributed by atoms with Crippen molar-refractivity contribution in [3.8, 4) is 11.5 Å². The van der Waals surface area contributed by atoms with E-state index >= 15 is 0 Å². The number of benzene rings is 2. The monoisotopic (exact) mass is 288 g/mol. The summed E-state index contributed by atoms with van der Waals surface area (Å²) in [5.74, 6) is 0.995. The lowest BCUT2D eigenvalue weighted by Gasteiger charge is -2.31. The number of rotatable bonds is 2. The Labute approximate surface area is 122 Å². The summed E-state index contributed by atoms with van der Waals surface area (Å²) in [6.07, 6.45) is -0.613. The minimum Gasteiger partial charge on any atom is -0.497 e. The van der Waals surface area contributed by atoms with Crippen LogP contribution in [0.4, 0.5) is 4.39 Å². The van der Waals surface area contributed by atoms with Crippen molar-refractivity contribution in [2.45, 2.75) is 25.6 Å². The predicted molar refractivity (Wildman–Crippen MR) is 77.1 cm³/mol. The van der Waals surface area contributed by atoms with E-state index in [9.17, 15) is 9.50 Å². The molecule has 2 atom stereocenters. The third kappa shape index (κ3) is 2.59. The molecular formula is C17H17FO3. The van der Waals surface area contributed by atoms with Gasteiger partial charge in [0.2, 0.25) is 0 Å². The number of ether oxygens (including phenoxy) is 2. The fourth-order valence-corrected chi connectivity index (χ4v) is 2.70. The van der Waals surface area contributed by atoms with Gasteiger partial charge < -0.3 is 14.6 Å². The standard InChI is InChI=1S/C17H17FO3/c1-10-3-4-11(18)7-13(10)17-9-15(19)14-8-12(20-2)5-6-16(14)21-17/h3-8,15,17,19H,9H2,1-2H3/t15-,17?/m0/s1. The summed E-state index contributed by atoms with van der Waals surface area (Å²) in [4.78, 5) is 0. The molecule has 21 heavy (non-hydrogen) atoms. The molecule has 0 radical (unpaired) electrons. The van der Waals surface area contributed by atoms with Crippen LogP contribution in [0.3, 0.4) is 0 Å². The highest BCUT2D eigenvalue weighted by Crippen LogP contribution is 2.42. The minimum absolute atomic E-state index is 0.297. The zero-order valence-electron chi connectivity index (χ0n) is 12.0. The summed E-state index contributed by atoms with van der Waals surface area (Å²) in [6, 6.07) is 9.96. The van der Waals surface area contributed by atoms with Gasteiger partial charge in [0, 0.05) is 12.0 Å². The van der Waals surface area contributed by atoms with Crippen LogP contribution in [0.2, 0.25) is 0 Å². The molecular weight excluding hydrogens is 271 g/mol. The Morgan fingerprint density at radius 1 is 1.19 bits per heavy atom. The van der Waals surface area contributed by atoms with Gasteiger partial charge in [0.1, 0.15) is 23.4 Å². The van der Waals surface area contributed by atoms with E-state index in [0.29, 0.717) is 23.5 Å². The Morgan fingerprint density at radius 2 is 2.00 bits per heavy atom. The molecule has 0 fully saturated rings. The average molecular weight is 288 g/mol. The number of aliphatic hydroxyl groups excluding tert-OH is 1. The van der Waals surface area contributed by atoms with Gasteiger partial charge in [0.25, 0.3) is 0 Å². The van der Waals surface area contributed by atoms with Crippen molar-refractivity contribution in [3.63, 3.8) is 0 Å². The molecule has 2 aromatic rings. The van der Waals surface area contributed by atoms with Gasteiger partial charge in [-0.05, 0) is 48.4 Å². The van der Waals surface area contributed by atoms with Crippen molar-refractivity contribution in [1.29, 1.82) is 0 Å². The second-order valence-electron chi connectivity index (χ2n) is 5.26. The van der Waals surface area contributed by atoms with E-state index in [1.54, 1.807) is 31.4 Å². The van der Waals surface area contributed by atoms with E-state index in [2.05, 4.69) is 0 Å². The molecule has 0 spiro atoms. The third-order valence-electron chi connectivity index (χ3n) is 3.87. The minimum atomic E-state index is -0.656. The van der Waals surface area contributed by atoms with Crippen LogP contribution in [0.5, 0.6) is 11.5 Å². The van der Waals surface area contributed by atoms with E-state index in [4.69, 9.17) is 9.47 Å². The first kappa shape index (κ1) is 13.9. The summed E-state index contributed by atoms with van der Waals surface area (Å²) < 4.78 is 24.6. The zero-order valence-corrected chi connectivity index (χ0v) is 12.0. The van der Waals surface area contributed by atoms with E-state index in [-0.39, 0.29) is 11.9 Å². The van der Waals surface area contributed by atoms with Gasteiger partial charge in [-0.1, -0.05) is 6.07 Å². The number of fused-ring (bicyclic) bond motifs is 1. The largest absolute Gasteiger partial charge is 0.497 e. The van der Waals surface area contributed by atoms with Crippen LogP contribution in [0.15, 0.2) is 36.4 Å². The van der Waals surface area contributed by atoms with Gasteiger partial charge in [-0.15, -0.1) is 0 Å². The molecule has 110 valence electrons. The Morgan fingerprint density at radius 3 is 2.76 bits per heavy atom. The summed E-state index contributed by atoms with van der Waals surface area (Å²) in [5.41, 5.74) is 2.43. The molecule has 2 aromatic carbocycles. The topological polar surface area (TPSA) is 38.7 Å². The molecule has 1 heterocycles. The van der Waals surface area contributed by atoms with Crippen molar-refractivity contribution in [2.24, 2.45) is 0 Å². The predicted octanol–water partition coefficient (Wildman–Crippen LogP) is 3.70. The molecule has 1 unspecified atom stereocenters. The van der Waals surface area contributed by atoms with Crippen molar-refractivity contribution in [3.05, 3.63) is 58.9 Å². The van der Waals surface area contributed by atoms with Gasteiger partial charge in [0.05, 0.1) is 13.2 Å². The fourth-order valence-electron chi connectivity index (χ4n) is 2.70. The maximum atomic E-state index is 13.5. The van der Waals surface area contributed by atoms with E-state index < -0.39 is 6.10 Å².